The first-order valence-electron chi connectivity index (χ1n) is 4.74. The van der Waals surface area contributed by atoms with Crippen molar-refractivity contribution in [3.05, 3.63) is 23.8 Å². The van der Waals surface area contributed by atoms with Gasteiger partial charge in [-0.25, -0.2) is 0 Å². The van der Waals surface area contributed by atoms with E-state index in [0.29, 0.717) is 18.5 Å². The fourth-order valence-electron chi connectivity index (χ4n) is 1.12. The number of nitrogens with zero attached hydrogens (tertiary/aromatic N) is 2. The maximum absolute atomic E-state index is 10.9. The van der Waals surface area contributed by atoms with Gasteiger partial charge in [0.05, 0.1) is 24.7 Å². The van der Waals surface area contributed by atoms with E-state index in [1.807, 2.05) is 6.92 Å². The van der Waals surface area contributed by atoms with Gasteiger partial charge in [0.1, 0.15) is 0 Å². The van der Waals surface area contributed by atoms with Crippen LogP contribution in [0.4, 0.5) is 0 Å². The highest BCUT2D eigenvalue weighted by molar-refractivity contribution is 5.69. The van der Waals surface area contributed by atoms with Crippen molar-refractivity contribution >= 4 is 5.97 Å². The highest BCUT2D eigenvalue weighted by Gasteiger charge is 2.10. The zero-order valence-corrected chi connectivity index (χ0v) is 8.93. The van der Waals surface area contributed by atoms with Crippen LogP contribution in [0.5, 0.6) is 0 Å². The molecule has 0 spiro atoms. The number of carbonyl (C=O) groups excluding carboxylic acids is 1. The molecule has 5 heteroatoms. The minimum absolute atomic E-state index is 0.259. The van der Waals surface area contributed by atoms with Crippen LogP contribution in [0.25, 0.3) is 0 Å². The van der Waals surface area contributed by atoms with E-state index >= 15 is 0 Å². The van der Waals surface area contributed by atoms with Gasteiger partial charge >= 0.3 is 5.97 Å². The van der Waals surface area contributed by atoms with E-state index in [-0.39, 0.29) is 12.0 Å². The summed E-state index contributed by atoms with van der Waals surface area (Å²) in [5, 5.41) is 0. The number of esters is 1. The Hall–Kier alpha value is -1.49. The number of rotatable bonds is 4. The third kappa shape index (κ3) is 3.63. The Kier molecular flexibility index (Phi) is 4.17. The second-order valence-electron chi connectivity index (χ2n) is 3.30. The molecule has 0 bridgehead atoms. The first kappa shape index (κ1) is 11.6. The van der Waals surface area contributed by atoms with Crippen LogP contribution < -0.4 is 5.73 Å². The van der Waals surface area contributed by atoms with Crippen molar-refractivity contribution in [1.29, 1.82) is 0 Å². The average molecular weight is 209 g/mol. The molecule has 1 heterocycles. The number of methoxy groups -OCH3 is 1. The maximum Gasteiger partial charge on any atom is 0.305 e. The van der Waals surface area contributed by atoms with Crippen LogP contribution in [0.3, 0.4) is 0 Å². The van der Waals surface area contributed by atoms with Crippen LogP contribution in [0.2, 0.25) is 0 Å². The van der Waals surface area contributed by atoms with E-state index in [4.69, 9.17) is 5.73 Å². The van der Waals surface area contributed by atoms with Gasteiger partial charge in [0.25, 0.3) is 0 Å². The molecule has 1 aromatic rings. The Morgan fingerprint density at radius 3 is 2.80 bits per heavy atom. The van der Waals surface area contributed by atoms with Crippen LogP contribution in [-0.4, -0.2) is 23.0 Å². The first-order chi connectivity index (χ1) is 7.13. The Morgan fingerprint density at radius 1 is 1.53 bits per heavy atom. The Balaban J connectivity index is 2.50. The molecule has 5 nitrogen and oxygen atoms in total. The fourth-order valence-corrected chi connectivity index (χ4v) is 1.12. The molecule has 0 fully saturated rings. The van der Waals surface area contributed by atoms with Gasteiger partial charge in [-0.2, -0.15) is 0 Å². The number of carbonyl (C=O) groups is 1. The molecule has 0 aliphatic carbocycles. The van der Waals surface area contributed by atoms with Gasteiger partial charge < -0.3 is 10.5 Å². The standard InChI is InChI=1S/C10H15N3O2/c1-7-5-13-9(6-12-7)8(11)3-4-10(14)15-2/h5-6,8H,3-4,11H2,1-2H3. The third-order valence-corrected chi connectivity index (χ3v) is 2.07. The van der Waals surface area contributed by atoms with Gasteiger partial charge in [-0.05, 0) is 13.3 Å². The number of nitrogens with two attached hydrogens (primary N) is 1. The maximum atomic E-state index is 10.9. The molecule has 0 aromatic carbocycles. The summed E-state index contributed by atoms with van der Waals surface area (Å²) in [4.78, 5) is 19.1. The van der Waals surface area contributed by atoms with Crippen molar-refractivity contribution in [2.45, 2.75) is 25.8 Å². The topological polar surface area (TPSA) is 78.1 Å². The van der Waals surface area contributed by atoms with E-state index in [1.165, 1.54) is 7.11 Å². The summed E-state index contributed by atoms with van der Waals surface area (Å²) in [6.45, 7) is 1.86. The van der Waals surface area contributed by atoms with E-state index < -0.39 is 0 Å². The molecule has 0 saturated carbocycles. The van der Waals surface area contributed by atoms with Crippen LogP contribution in [-0.2, 0) is 9.53 Å². The van der Waals surface area contributed by atoms with Crippen LogP contribution >= 0.6 is 0 Å². The summed E-state index contributed by atoms with van der Waals surface area (Å²) in [6.07, 6.45) is 4.11. The predicted molar refractivity (Wildman–Crippen MR) is 54.9 cm³/mol. The molecule has 2 N–H and O–H groups in total. The predicted octanol–water partition coefficient (Wildman–Crippen LogP) is 0.738. The Bertz CT molecular complexity index is 324. The molecule has 0 radical (unpaired) electrons. The Labute approximate surface area is 88.7 Å². The molecular formula is C10H15N3O2. The largest absolute Gasteiger partial charge is 0.469 e. The van der Waals surface area contributed by atoms with Crippen molar-refractivity contribution in [1.82, 2.24) is 9.97 Å². The zero-order valence-electron chi connectivity index (χ0n) is 8.93. The SMILES string of the molecule is COC(=O)CCC(N)c1cnc(C)cn1. The molecule has 0 amide bonds. The van der Waals surface area contributed by atoms with E-state index in [9.17, 15) is 4.79 Å². The van der Waals surface area contributed by atoms with Crippen molar-refractivity contribution < 1.29 is 9.53 Å². The number of aryl methyl sites for hydroxylation is 1. The van der Waals surface area contributed by atoms with Gasteiger partial charge in [0, 0.05) is 18.7 Å². The monoisotopic (exact) mass is 209 g/mol. The number of ether oxygens (including phenoxy) is 1. The minimum atomic E-state index is -0.266. The van der Waals surface area contributed by atoms with E-state index in [1.54, 1.807) is 12.4 Å². The lowest BCUT2D eigenvalue weighted by molar-refractivity contribution is -0.140. The van der Waals surface area contributed by atoms with Crippen molar-refractivity contribution in [2.24, 2.45) is 5.73 Å². The number of hydrogen-bond acceptors (Lipinski definition) is 5. The number of hydrogen-bond donors (Lipinski definition) is 1. The van der Waals surface area contributed by atoms with E-state index in [2.05, 4.69) is 14.7 Å². The lowest BCUT2D eigenvalue weighted by atomic mass is 10.1. The second-order valence-corrected chi connectivity index (χ2v) is 3.30. The summed E-state index contributed by atoms with van der Waals surface area (Å²) < 4.78 is 4.53. The third-order valence-electron chi connectivity index (χ3n) is 2.07. The van der Waals surface area contributed by atoms with Crippen molar-refractivity contribution in [3.8, 4) is 0 Å². The summed E-state index contributed by atoms with van der Waals surface area (Å²) in [7, 11) is 1.36. The molecule has 1 atom stereocenters. The lowest BCUT2D eigenvalue weighted by Crippen LogP contribution is -2.14. The minimum Gasteiger partial charge on any atom is -0.469 e. The Morgan fingerprint density at radius 2 is 2.27 bits per heavy atom. The molecule has 0 aliphatic rings. The fraction of sp³-hybridized carbons (Fsp3) is 0.500. The summed E-state index contributed by atoms with van der Waals surface area (Å²) in [5.74, 6) is -0.259. The quantitative estimate of drug-likeness (QED) is 0.740. The first-order valence-corrected chi connectivity index (χ1v) is 4.74. The highest BCUT2D eigenvalue weighted by Crippen LogP contribution is 2.12. The molecule has 1 unspecified atom stereocenters. The second kappa shape index (κ2) is 5.41. The van der Waals surface area contributed by atoms with Gasteiger partial charge in [-0.3, -0.25) is 14.8 Å². The zero-order chi connectivity index (χ0) is 11.3. The number of aromatic nitrogens is 2. The molecule has 82 valence electrons. The molecule has 0 saturated heterocycles. The van der Waals surface area contributed by atoms with Crippen molar-refractivity contribution in [2.75, 3.05) is 7.11 Å². The average Bonchev–Trinajstić information content (AvgIpc) is 2.26. The normalized spacial score (nSPS) is 12.2. The summed E-state index contributed by atoms with van der Waals surface area (Å²) in [6, 6.07) is -0.266. The van der Waals surface area contributed by atoms with E-state index in [0.717, 1.165) is 5.69 Å². The summed E-state index contributed by atoms with van der Waals surface area (Å²) >= 11 is 0. The smallest absolute Gasteiger partial charge is 0.305 e. The highest BCUT2D eigenvalue weighted by atomic mass is 16.5. The van der Waals surface area contributed by atoms with Gasteiger partial charge in [0.15, 0.2) is 0 Å². The van der Waals surface area contributed by atoms with Crippen molar-refractivity contribution in [3.63, 3.8) is 0 Å². The molecule has 1 rings (SSSR count). The lowest BCUT2D eigenvalue weighted by Gasteiger charge is -2.09. The van der Waals surface area contributed by atoms with Gasteiger partial charge in [-0.15, -0.1) is 0 Å². The molecule has 15 heavy (non-hydrogen) atoms. The van der Waals surface area contributed by atoms with Gasteiger partial charge in [0.2, 0.25) is 0 Å². The molecule has 0 aliphatic heterocycles. The van der Waals surface area contributed by atoms with Crippen LogP contribution in [0.15, 0.2) is 12.4 Å². The van der Waals surface area contributed by atoms with Gasteiger partial charge in [-0.1, -0.05) is 0 Å². The molecular weight excluding hydrogens is 194 g/mol. The molecule has 1 aromatic heterocycles. The van der Waals surface area contributed by atoms with Crippen LogP contribution in [0, 0.1) is 6.92 Å². The van der Waals surface area contributed by atoms with Crippen LogP contribution in [0.1, 0.15) is 30.3 Å². The summed E-state index contributed by atoms with van der Waals surface area (Å²) in [5.41, 5.74) is 7.38.